The fourth-order valence-electron chi connectivity index (χ4n) is 4.76. The number of amides is 1. The number of ether oxygens (including phenoxy) is 1. The lowest BCUT2D eigenvalue weighted by atomic mass is 9.94. The van der Waals surface area contributed by atoms with Crippen molar-refractivity contribution in [2.45, 2.75) is 32.9 Å². The summed E-state index contributed by atoms with van der Waals surface area (Å²) in [5, 5.41) is 11.9. The summed E-state index contributed by atoms with van der Waals surface area (Å²) < 4.78 is 5.77. The summed E-state index contributed by atoms with van der Waals surface area (Å²) in [5.41, 5.74) is 3.72. The Hall–Kier alpha value is -4.43. The van der Waals surface area contributed by atoms with Gasteiger partial charge < -0.3 is 14.7 Å². The number of aryl methyl sites for hydroxylation is 1. The van der Waals surface area contributed by atoms with Crippen molar-refractivity contribution in [2.24, 2.45) is 0 Å². The van der Waals surface area contributed by atoms with Gasteiger partial charge in [0.25, 0.3) is 5.91 Å². The van der Waals surface area contributed by atoms with Gasteiger partial charge in [-0.1, -0.05) is 42.5 Å². The molecule has 0 fully saturated rings. The second-order valence-electron chi connectivity index (χ2n) is 10.1. The minimum atomic E-state index is -0.824. The molecule has 3 aromatic carbocycles. The summed E-state index contributed by atoms with van der Waals surface area (Å²) in [6.07, 6.45) is 0.000542. The summed E-state index contributed by atoms with van der Waals surface area (Å²) in [5.74, 6) is -0.928. The highest BCUT2D eigenvalue weighted by Crippen LogP contribution is 2.44. The number of anilines is 2. The van der Waals surface area contributed by atoms with Crippen molar-refractivity contribution in [2.75, 3.05) is 23.9 Å². The van der Waals surface area contributed by atoms with E-state index in [2.05, 4.69) is 4.98 Å². The molecule has 0 radical (unpaired) electrons. The van der Waals surface area contributed by atoms with Crippen LogP contribution in [0.5, 0.6) is 5.75 Å². The molecule has 1 aromatic heterocycles. The van der Waals surface area contributed by atoms with Crippen LogP contribution < -0.4 is 14.5 Å². The number of benzene rings is 3. The molecule has 4 aromatic rings. The summed E-state index contributed by atoms with van der Waals surface area (Å²) in [7, 11) is 3.89. The van der Waals surface area contributed by atoms with Crippen LogP contribution in [0.2, 0.25) is 0 Å². The van der Waals surface area contributed by atoms with E-state index >= 15 is 0 Å². The van der Waals surface area contributed by atoms with Crippen molar-refractivity contribution in [3.05, 3.63) is 106 Å². The molecule has 1 aliphatic heterocycles. The Labute approximate surface area is 238 Å². The summed E-state index contributed by atoms with van der Waals surface area (Å²) in [4.78, 5) is 36.2. The van der Waals surface area contributed by atoms with Crippen LogP contribution in [0.15, 0.2) is 90.2 Å². The average molecular weight is 554 g/mol. The molecule has 7 nitrogen and oxygen atoms in total. The van der Waals surface area contributed by atoms with E-state index in [1.165, 1.54) is 16.2 Å². The summed E-state index contributed by atoms with van der Waals surface area (Å²) in [6.45, 7) is 5.66. The van der Waals surface area contributed by atoms with Crippen LogP contribution in [0.1, 0.15) is 40.8 Å². The quantitative estimate of drug-likeness (QED) is 0.243. The number of nitrogens with zero attached hydrogens (tertiary/aromatic N) is 3. The average Bonchev–Trinajstić information content (AvgIpc) is 3.46. The van der Waals surface area contributed by atoms with Crippen molar-refractivity contribution >= 4 is 34.4 Å². The molecule has 0 aliphatic carbocycles. The number of hydrogen-bond donors (Lipinski definition) is 1. The van der Waals surface area contributed by atoms with E-state index in [0.29, 0.717) is 32.6 Å². The molecule has 40 heavy (non-hydrogen) atoms. The molecular weight excluding hydrogens is 522 g/mol. The number of Topliss-reactive ketones (excluding diaryl/α,β-unsaturated/α-hetero) is 1. The maximum atomic E-state index is 14.1. The molecule has 2 heterocycles. The fourth-order valence-corrected chi connectivity index (χ4v) is 5.79. The summed E-state index contributed by atoms with van der Waals surface area (Å²) >= 11 is 1.26. The van der Waals surface area contributed by atoms with E-state index in [-0.39, 0.29) is 11.7 Å². The van der Waals surface area contributed by atoms with Gasteiger partial charge in [0.2, 0.25) is 5.78 Å². The first-order valence-electron chi connectivity index (χ1n) is 13.0. The number of ketones is 1. The number of hydrogen-bond acceptors (Lipinski definition) is 7. The van der Waals surface area contributed by atoms with Crippen LogP contribution >= 0.6 is 11.3 Å². The molecule has 0 bridgehead atoms. The third-order valence-electron chi connectivity index (χ3n) is 6.69. The maximum Gasteiger partial charge on any atom is 0.294 e. The zero-order chi connectivity index (χ0) is 28.6. The number of aliphatic hydroxyl groups is 1. The zero-order valence-electron chi connectivity index (χ0n) is 23.1. The number of aliphatic hydroxyl groups excluding tert-OH is 1. The molecule has 0 spiro atoms. The molecule has 1 aliphatic rings. The van der Waals surface area contributed by atoms with Crippen molar-refractivity contribution < 1.29 is 19.4 Å². The minimum absolute atomic E-state index is 0.000542. The molecule has 204 valence electrons. The highest BCUT2D eigenvalue weighted by Gasteiger charge is 2.45. The molecule has 5 rings (SSSR count). The van der Waals surface area contributed by atoms with E-state index in [9.17, 15) is 14.7 Å². The number of carbonyl (C=O) groups excluding carboxylic acids is 2. The number of aromatic nitrogens is 1. The normalized spacial score (nSPS) is 15.2. The molecule has 1 N–H and O–H groups in total. The molecule has 8 heteroatoms. The first-order chi connectivity index (χ1) is 19.2. The van der Waals surface area contributed by atoms with Gasteiger partial charge in [0.15, 0.2) is 5.76 Å². The van der Waals surface area contributed by atoms with Crippen molar-refractivity contribution in [3.8, 4) is 16.3 Å². The molecule has 0 saturated heterocycles. The molecule has 1 atom stereocenters. The van der Waals surface area contributed by atoms with Gasteiger partial charge in [-0.25, -0.2) is 4.98 Å². The Morgan fingerprint density at radius 3 is 2.25 bits per heavy atom. The molecule has 0 saturated carbocycles. The first-order valence-corrected chi connectivity index (χ1v) is 13.9. The van der Waals surface area contributed by atoms with Crippen LogP contribution in [-0.2, 0) is 4.79 Å². The van der Waals surface area contributed by atoms with Crippen molar-refractivity contribution in [1.29, 1.82) is 0 Å². The lowest BCUT2D eigenvalue weighted by molar-refractivity contribution is -0.117. The Balaban J connectivity index is 1.59. The smallest absolute Gasteiger partial charge is 0.294 e. The van der Waals surface area contributed by atoms with Crippen molar-refractivity contribution in [1.82, 2.24) is 4.98 Å². The Morgan fingerprint density at radius 2 is 1.65 bits per heavy atom. The zero-order valence-corrected chi connectivity index (χ0v) is 23.9. The van der Waals surface area contributed by atoms with Crippen LogP contribution in [0.4, 0.5) is 11.4 Å². The van der Waals surface area contributed by atoms with Gasteiger partial charge in [-0.05, 0) is 62.7 Å². The third kappa shape index (κ3) is 5.10. The minimum Gasteiger partial charge on any atom is -0.503 e. The second-order valence-corrected chi connectivity index (χ2v) is 11.1. The SMILES string of the molecule is Cc1nc(-c2ccccc2)sc1C(=O)C1=C(O)C(=O)N(c2ccc(OC(C)C)cc2)C1c1ccc(N(C)C)cc1. The highest BCUT2D eigenvalue weighted by atomic mass is 32.1. The highest BCUT2D eigenvalue weighted by molar-refractivity contribution is 7.17. The lowest BCUT2D eigenvalue weighted by Gasteiger charge is -2.27. The van der Waals surface area contributed by atoms with E-state index in [0.717, 1.165) is 11.3 Å². The standard InChI is InChI=1S/C32H31N3O4S/c1-19(2)39-25-17-15-24(16-18-25)35-27(21-11-13-23(14-12-21)34(4)5)26(29(37)32(35)38)28(36)30-20(3)33-31(40-30)22-9-7-6-8-10-22/h6-19,27,37H,1-5H3. The van der Waals surface area contributed by atoms with Gasteiger partial charge in [0, 0.05) is 31.0 Å². The van der Waals surface area contributed by atoms with Gasteiger partial charge >= 0.3 is 0 Å². The summed E-state index contributed by atoms with van der Waals surface area (Å²) in [6, 6.07) is 23.5. The van der Waals surface area contributed by atoms with Gasteiger partial charge in [-0.15, -0.1) is 11.3 Å². The predicted molar refractivity (Wildman–Crippen MR) is 159 cm³/mol. The van der Waals surface area contributed by atoms with E-state index < -0.39 is 23.5 Å². The van der Waals surface area contributed by atoms with Gasteiger partial charge in [-0.2, -0.15) is 0 Å². The Morgan fingerprint density at radius 1 is 1.00 bits per heavy atom. The molecular formula is C32H31N3O4S. The Bertz CT molecular complexity index is 1570. The first kappa shape index (κ1) is 27.1. The topological polar surface area (TPSA) is 83.0 Å². The molecule has 1 amide bonds. The Kier molecular flexibility index (Phi) is 7.45. The monoisotopic (exact) mass is 553 g/mol. The van der Waals surface area contributed by atoms with Gasteiger partial charge in [0.05, 0.1) is 28.3 Å². The largest absolute Gasteiger partial charge is 0.503 e. The van der Waals surface area contributed by atoms with Crippen molar-refractivity contribution in [3.63, 3.8) is 0 Å². The van der Waals surface area contributed by atoms with Gasteiger partial charge in [0.1, 0.15) is 10.8 Å². The molecule has 1 unspecified atom stereocenters. The number of carbonyl (C=O) groups is 2. The van der Waals surface area contributed by atoms with Crippen LogP contribution in [0.25, 0.3) is 10.6 Å². The van der Waals surface area contributed by atoms with Crippen LogP contribution in [0.3, 0.4) is 0 Å². The second kappa shape index (κ2) is 11.0. The van der Waals surface area contributed by atoms with E-state index in [1.54, 1.807) is 31.2 Å². The lowest BCUT2D eigenvalue weighted by Crippen LogP contribution is -2.31. The number of thiazole rings is 1. The van der Waals surface area contributed by atoms with E-state index in [4.69, 9.17) is 4.74 Å². The fraction of sp³-hybridized carbons (Fsp3) is 0.219. The predicted octanol–water partition coefficient (Wildman–Crippen LogP) is 6.75. The maximum absolute atomic E-state index is 14.1. The van der Waals surface area contributed by atoms with Gasteiger partial charge in [-0.3, -0.25) is 14.5 Å². The van der Waals surface area contributed by atoms with Crippen LogP contribution in [0, 0.1) is 6.92 Å². The third-order valence-corrected chi connectivity index (χ3v) is 7.89. The van der Waals surface area contributed by atoms with E-state index in [1.807, 2.05) is 87.4 Å². The number of rotatable bonds is 8. The van der Waals surface area contributed by atoms with Crippen LogP contribution in [-0.4, -0.2) is 42.0 Å².